The van der Waals surface area contributed by atoms with E-state index in [1.165, 1.54) is 6.92 Å². The second-order valence-electron chi connectivity index (χ2n) is 2.10. The molecular formula is C7H7ClFNO2. The minimum atomic E-state index is -1.17. The van der Waals surface area contributed by atoms with Gasteiger partial charge in [-0.15, -0.1) is 12.4 Å². The summed E-state index contributed by atoms with van der Waals surface area (Å²) in [6.45, 7) is 1.47. The minimum Gasteiger partial charge on any atom is -0.478 e. The number of pyridine rings is 1. The van der Waals surface area contributed by atoms with Crippen molar-refractivity contribution in [2.75, 3.05) is 0 Å². The molecule has 0 aliphatic rings. The summed E-state index contributed by atoms with van der Waals surface area (Å²) in [5.41, 5.74) is 0.0723. The van der Waals surface area contributed by atoms with Gasteiger partial charge in [0.2, 0.25) is 0 Å². The first-order valence-electron chi connectivity index (χ1n) is 2.96. The van der Waals surface area contributed by atoms with Crippen LogP contribution >= 0.6 is 12.4 Å². The van der Waals surface area contributed by atoms with Crippen LogP contribution in [0.2, 0.25) is 0 Å². The Balaban J connectivity index is 0.00000121. The first-order valence-corrected chi connectivity index (χ1v) is 2.96. The van der Waals surface area contributed by atoms with Crippen molar-refractivity contribution in [1.29, 1.82) is 0 Å². The number of aromatic nitrogens is 1. The van der Waals surface area contributed by atoms with E-state index in [1.54, 1.807) is 0 Å². The van der Waals surface area contributed by atoms with Gasteiger partial charge in [-0.2, -0.15) is 0 Å². The molecule has 0 spiro atoms. The summed E-state index contributed by atoms with van der Waals surface area (Å²) in [7, 11) is 0. The topological polar surface area (TPSA) is 50.2 Å². The third-order valence-corrected chi connectivity index (χ3v) is 1.27. The number of aryl methyl sites for hydroxylation is 1. The number of rotatable bonds is 1. The quantitative estimate of drug-likeness (QED) is 0.734. The van der Waals surface area contributed by atoms with E-state index in [4.69, 9.17) is 5.11 Å². The zero-order valence-corrected chi connectivity index (χ0v) is 7.06. The summed E-state index contributed by atoms with van der Waals surface area (Å²) in [4.78, 5) is 13.8. The zero-order valence-electron chi connectivity index (χ0n) is 6.24. The second-order valence-corrected chi connectivity index (χ2v) is 2.10. The van der Waals surface area contributed by atoms with Crippen LogP contribution in [0.5, 0.6) is 0 Å². The van der Waals surface area contributed by atoms with E-state index in [1.807, 2.05) is 0 Å². The van der Waals surface area contributed by atoms with Gasteiger partial charge in [-0.1, -0.05) is 0 Å². The number of carboxylic acid groups (broad SMARTS) is 1. The van der Waals surface area contributed by atoms with Gasteiger partial charge in [-0.25, -0.2) is 9.18 Å². The number of halogens is 2. The molecule has 0 saturated carbocycles. The number of hydrogen-bond donors (Lipinski definition) is 1. The average molecular weight is 192 g/mol. The fraction of sp³-hybridized carbons (Fsp3) is 0.143. The number of carbonyl (C=O) groups is 1. The Morgan fingerprint density at radius 2 is 2.25 bits per heavy atom. The molecule has 1 heterocycles. The van der Waals surface area contributed by atoms with Crippen LogP contribution in [0.1, 0.15) is 16.1 Å². The first-order chi connectivity index (χ1) is 5.11. The van der Waals surface area contributed by atoms with Crippen LogP contribution in [0.15, 0.2) is 12.3 Å². The van der Waals surface area contributed by atoms with E-state index < -0.39 is 11.8 Å². The molecule has 3 nitrogen and oxygen atoms in total. The summed E-state index contributed by atoms with van der Waals surface area (Å²) in [5.74, 6) is -1.76. The van der Waals surface area contributed by atoms with Crippen LogP contribution in [0.4, 0.5) is 4.39 Å². The third kappa shape index (κ3) is 2.17. The monoisotopic (exact) mass is 191 g/mol. The highest BCUT2D eigenvalue weighted by molar-refractivity contribution is 5.87. The van der Waals surface area contributed by atoms with E-state index in [2.05, 4.69) is 4.98 Å². The summed E-state index contributed by atoms with van der Waals surface area (Å²) >= 11 is 0. The van der Waals surface area contributed by atoms with Crippen molar-refractivity contribution in [2.45, 2.75) is 6.92 Å². The lowest BCUT2D eigenvalue weighted by molar-refractivity contribution is 0.0696. The van der Waals surface area contributed by atoms with Crippen molar-refractivity contribution in [3.05, 3.63) is 29.3 Å². The molecular weight excluding hydrogens is 185 g/mol. The number of nitrogens with zero attached hydrogens (tertiary/aromatic N) is 1. The molecule has 0 aliphatic carbocycles. The molecule has 0 aromatic carbocycles. The Morgan fingerprint density at radius 1 is 1.67 bits per heavy atom. The van der Waals surface area contributed by atoms with Crippen molar-refractivity contribution in [3.63, 3.8) is 0 Å². The van der Waals surface area contributed by atoms with Gasteiger partial charge in [0.15, 0.2) is 0 Å². The predicted molar refractivity (Wildman–Crippen MR) is 43.1 cm³/mol. The molecule has 1 aromatic heterocycles. The average Bonchev–Trinajstić information content (AvgIpc) is 1.94. The van der Waals surface area contributed by atoms with Crippen LogP contribution < -0.4 is 0 Å². The van der Waals surface area contributed by atoms with E-state index in [0.29, 0.717) is 0 Å². The summed E-state index contributed by atoms with van der Waals surface area (Å²) in [6, 6.07) is 0.949. The van der Waals surface area contributed by atoms with Crippen molar-refractivity contribution in [1.82, 2.24) is 4.98 Å². The maximum absolute atomic E-state index is 12.6. The molecule has 12 heavy (non-hydrogen) atoms. The summed E-state index contributed by atoms with van der Waals surface area (Å²) in [6.07, 6.45) is 1.13. The number of hydrogen-bond acceptors (Lipinski definition) is 2. The lowest BCUT2D eigenvalue weighted by atomic mass is 10.2. The van der Waals surface area contributed by atoms with Gasteiger partial charge in [-0.05, 0) is 13.0 Å². The molecule has 1 rings (SSSR count). The van der Waals surface area contributed by atoms with Crippen LogP contribution in [-0.4, -0.2) is 16.1 Å². The van der Waals surface area contributed by atoms with Crippen molar-refractivity contribution >= 4 is 18.4 Å². The molecule has 0 aliphatic heterocycles. The van der Waals surface area contributed by atoms with E-state index in [0.717, 1.165) is 12.3 Å². The second kappa shape index (κ2) is 4.01. The molecule has 0 unspecified atom stereocenters. The summed E-state index contributed by atoms with van der Waals surface area (Å²) in [5, 5.41) is 8.39. The minimum absolute atomic E-state index is 0. The molecule has 66 valence electrons. The fourth-order valence-corrected chi connectivity index (χ4v) is 0.623. The van der Waals surface area contributed by atoms with Crippen LogP contribution in [-0.2, 0) is 0 Å². The lowest BCUT2D eigenvalue weighted by Gasteiger charge is -1.95. The van der Waals surface area contributed by atoms with Crippen LogP contribution in [0.25, 0.3) is 0 Å². The Kier molecular flexibility index (Phi) is 3.63. The molecule has 0 bridgehead atoms. The van der Waals surface area contributed by atoms with Crippen LogP contribution in [0.3, 0.4) is 0 Å². The van der Waals surface area contributed by atoms with Gasteiger partial charge in [0.05, 0.1) is 11.3 Å². The maximum Gasteiger partial charge on any atom is 0.337 e. The predicted octanol–water partition coefficient (Wildman–Crippen LogP) is 1.65. The molecule has 0 amide bonds. The first kappa shape index (κ1) is 10.8. The highest BCUT2D eigenvalue weighted by Gasteiger charge is 2.05. The SMILES string of the molecule is Cc1ncc(C(=O)O)cc1F.Cl. The smallest absolute Gasteiger partial charge is 0.337 e. The Bertz CT molecular complexity index is 303. The normalized spacial score (nSPS) is 8.83. The number of carboxylic acids is 1. The summed E-state index contributed by atoms with van der Waals surface area (Å²) < 4.78 is 12.6. The van der Waals surface area contributed by atoms with Crippen LogP contribution in [0, 0.1) is 12.7 Å². The highest BCUT2D eigenvalue weighted by Crippen LogP contribution is 2.04. The van der Waals surface area contributed by atoms with Gasteiger partial charge in [0.25, 0.3) is 0 Å². The standard InChI is InChI=1S/C7H6FNO2.ClH/c1-4-6(8)2-5(3-9-4)7(10)11;/h2-3H,1H3,(H,10,11);1H. The van der Waals surface area contributed by atoms with Crippen molar-refractivity contribution < 1.29 is 14.3 Å². The molecule has 0 atom stereocenters. The van der Waals surface area contributed by atoms with Crippen molar-refractivity contribution in [3.8, 4) is 0 Å². The van der Waals surface area contributed by atoms with E-state index in [-0.39, 0.29) is 23.7 Å². The van der Waals surface area contributed by atoms with E-state index in [9.17, 15) is 9.18 Å². The zero-order chi connectivity index (χ0) is 8.43. The molecule has 0 radical (unpaired) electrons. The van der Waals surface area contributed by atoms with Gasteiger partial charge in [0, 0.05) is 6.20 Å². The maximum atomic E-state index is 12.6. The molecule has 0 saturated heterocycles. The molecule has 1 N–H and O–H groups in total. The van der Waals surface area contributed by atoms with Gasteiger partial charge >= 0.3 is 5.97 Å². The third-order valence-electron chi connectivity index (χ3n) is 1.27. The van der Waals surface area contributed by atoms with Gasteiger partial charge in [0.1, 0.15) is 5.82 Å². The van der Waals surface area contributed by atoms with Gasteiger partial charge < -0.3 is 5.11 Å². The molecule has 0 fully saturated rings. The Morgan fingerprint density at radius 3 is 2.67 bits per heavy atom. The Hall–Kier alpha value is -1.16. The Labute approximate surface area is 74.7 Å². The largest absolute Gasteiger partial charge is 0.478 e. The number of aromatic carboxylic acids is 1. The fourth-order valence-electron chi connectivity index (χ4n) is 0.623. The van der Waals surface area contributed by atoms with Crippen molar-refractivity contribution in [2.24, 2.45) is 0 Å². The molecule has 5 heteroatoms. The van der Waals surface area contributed by atoms with Gasteiger partial charge in [-0.3, -0.25) is 4.98 Å². The van der Waals surface area contributed by atoms with E-state index >= 15 is 0 Å². The molecule has 1 aromatic rings. The highest BCUT2D eigenvalue weighted by atomic mass is 35.5. The lowest BCUT2D eigenvalue weighted by Crippen LogP contribution is -1.99.